The molecular weight excluding hydrogens is 324 g/mol. The molecule has 2 fully saturated rings. The van der Waals surface area contributed by atoms with Gasteiger partial charge in [-0.2, -0.15) is 0 Å². The Morgan fingerprint density at radius 3 is 2.52 bits per heavy atom. The van der Waals surface area contributed by atoms with Gasteiger partial charge < -0.3 is 10.6 Å². The summed E-state index contributed by atoms with van der Waals surface area (Å²) in [5.74, 6) is -1.95. The van der Waals surface area contributed by atoms with Gasteiger partial charge in [0.05, 0.1) is 11.1 Å². The molecule has 25 heavy (non-hydrogen) atoms. The number of amides is 4. The van der Waals surface area contributed by atoms with E-state index in [0.29, 0.717) is 17.2 Å². The predicted molar refractivity (Wildman–Crippen MR) is 88.0 cm³/mol. The van der Waals surface area contributed by atoms with Gasteiger partial charge in [0, 0.05) is 24.7 Å². The number of hydrogen-bond acceptors (Lipinski definition) is 6. The fourth-order valence-electron chi connectivity index (χ4n) is 3.34. The minimum atomic E-state index is -0.930. The van der Waals surface area contributed by atoms with E-state index in [1.807, 2.05) is 0 Å². The summed E-state index contributed by atoms with van der Waals surface area (Å²) >= 11 is 0. The Bertz CT molecular complexity index is 787. The van der Waals surface area contributed by atoms with E-state index in [2.05, 4.69) is 16.0 Å². The van der Waals surface area contributed by atoms with Crippen molar-refractivity contribution in [2.45, 2.75) is 31.3 Å². The summed E-state index contributed by atoms with van der Waals surface area (Å²) in [6.07, 6.45) is 1.39. The maximum Gasteiger partial charge on any atom is 0.262 e. The van der Waals surface area contributed by atoms with Crippen LogP contribution in [-0.2, 0) is 9.59 Å². The first-order valence-corrected chi connectivity index (χ1v) is 8.37. The van der Waals surface area contributed by atoms with E-state index in [-0.39, 0.29) is 18.7 Å². The standard InChI is InChI=1S/C17H18N4O4/c22-14-4-3-13(15(23)20-14)21-16(24)11-2-1-9(7-12(11)17(21)25)19-8-10-5-6-18-10/h1-2,7,10,13,18-19H,3-6,8H2,(H,20,22,23). The largest absolute Gasteiger partial charge is 0.383 e. The summed E-state index contributed by atoms with van der Waals surface area (Å²) in [7, 11) is 0. The molecule has 1 aromatic rings. The maximum atomic E-state index is 12.7. The fourth-order valence-corrected chi connectivity index (χ4v) is 3.34. The number of anilines is 1. The van der Waals surface area contributed by atoms with E-state index < -0.39 is 23.8 Å². The highest BCUT2D eigenvalue weighted by molar-refractivity contribution is 6.23. The molecule has 4 amide bonds. The fraction of sp³-hybridized carbons (Fsp3) is 0.412. The number of imide groups is 2. The van der Waals surface area contributed by atoms with E-state index >= 15 is 0 Å². The topological polar surface area (TPSA) is 108 Å². The van der Waals surface area contributed by atoms with Gasteiger partial charge in [-0.3, -0.25) is 29.4 Å². The summed E-state index contributed by atoms with van der Waals surface area (Å²) in [4.78, 5) is 49.5. The number of nitrogens with one attached hydrogen (secondary N) is 3. The van der Waals surface area contributed by atoms with Gasteiger partial charge in [-0.25, -0.2) is 0 Å². The summed E-state index contributed by atoms with van der Waals surface area (Å²) in [5.41, 5.74) is 1.35. The van der Waals surface area contributed by atoms with Gasteiger partial charge >= 0.3 is 0 Å². The Morgan fingerprint density at radius 2 is 1.84 bits per heavy atom. The molecule has 3 heterocycles. The molecule has 4 rings (SSSR count). The molecular formula is C17H18N4O4. The Morgan fingerprint density at radius 1 is 1.08 bits per heavy atom. The van der Waals surface area contributed by atoms with Crippen LogP contribution in [0, 0.1) is 0 Å². The second kappa shape index (κ2) is 5.96. The van der Waals surface area contributed by atoms with Crippen molar-refractivity contribution in [3.8, 4) is 0 Å². The summed E-state index contributed by atoms with van der Waals surface area (Å²) in [6.45, 7) is 1.77. The number of rotatable bonds is 4. The molecule has 2 atom stereocenters. The van der Waals surface area contributed by atoms with Crippen molar-refractivity contribution in [2.24, 2.45) is 0 Å². The number of benzene rings is 1. The quantitative estimate of drug-likeness (QED) is 0.658. The van der Waals surface area contributed by atoms with Crippen LogP contribution in [0.2, 0.25) is 0 Å². The van der Waals surface area contributed by atoms with E-state index in [4.69, 9.17) is 0 Å². The minimum Gasteiger partial charge on any atom is -0.383 e. The zero-order valence-corrected chi connectivity index (χ0v) is 13.5. The highest BCUT2D eigenvalue weighted by Gasteiger charge is 2.44. The van der Waals surface area contributed by atoms with Crippen LogP contribution >= 0.6 is 0 Å². The first-order chi connectivity index (χ1) is 12.0. The lowest BCUT2D eigenvalue weighted by Crippen LogP contribution is -2.54. The van der Waals surface area contributed by atoms with Gasteiger partial charge in [0.1, 0.15) is 6.04 Å². The van der Waals surface area contributed by atoms with Crippen molar-refractivity contribution >= 4 is 29.3 Å². The van der Waals surface area contributed by atoms with Crippen LogP contribution in [-0.4, -0.2) is 53.7 Å². The molecule has 3 aliphatic heterocycles. The van der Waals surface area contributed by atoms with Gasteiger partial charge in [-0.15, -0.1) is 0 Å². The second-order valence-corrected chi connectivity index (χ2v) is 6.53. The van der Waals surface area contributed by atoms with Crippen LogP contribution in [0.5, 0.6) is 0 Å². The zero-order valence-electron chi connectivity index (χ0n) is 13.5. The predicted octanol–water partition coefficient (Wildman–Crippen LogP) is -0.138. The molecule has 2 unspecified atom stereocenters. The smallest absolute Gasteiger partial charge is 0.262 e. The highest BCUT2D eigenvalue weighted by atomic mass is 16.2. The van der Waals surface area contributed by atoms with E-state index in [0.717, 1.165) is 30.1 Å². The van der Waals surface area contributed by atoms with Crippen LogP contribution in [0.15, 0.2) is 18.2 Å². The molecule has 8 nitrogen and oxygen atoms in total. The Labute approximate surface area is 143 Å². The molecule has 3 aliphatic rings. The molecule has 2 saturated heterocycles. The van der Waals surface area contributed by atoms with E-state index in [9.17, 15) is 19.2 Å². The first kappa shape index (κ1) is 15.8. The number of piperidine rings is 1. The van der Waals surface area contributed by atoms with Crippen LogP contribution < -0.4 is 16.0 Å². The Balaban J connectivity index is 1.54. The maximum absolute atomic E-state index is 12.7. The first-order valence-electron chi connectivity index (χ1n) is 8.37. The third kappa shape index (κ3) is 2.68. The number of hydrogen-bond donors (Lipinski definition) is 3. The van der Waals surface area contributed by atoms with Crippen molar-refractivity contribution in [2.75, 3.05) is 18.4 Å². The molecule has 0 aromatic heterocycles. The molecule has 0 radical (unpaired) electrons. The van der Waals surface area contributed by atoms with Gasteiger partial charge in [0.25, 0.3) is 11.8 Å². The van der Waals surface area contributed by atoms with Crippen LogP contribution in [0.4, 0.5) is 5.69 Å². The van der Waals surface area contributed by atoms with Gasteiger partial charge in [-0.05, 0) is 37.6 Å². The Kier molecular flexibility index (Phi) is 3.76. The molecule has 0 aliphatic carbocycles. The average molecular weight is 342 g/mol. The van der Waals surface area contributed by atoms with E-state index in [1.165, 1.54) is 0 Å². The SMILES string of the molecule is O=C1CCC(N2C(=O)c3ccc(NCC4CCN4)cc3C2=O)C(=O)N1. The van der Waals surface area contributed by atoms with Crippen molar-refractivity contribution < 1.29 is 19.2 Å². The summed E-state index contributed by atoms with van der Waals surface area (Å²) in [5, 5.41) is 8.72. The van der Waals surface area contributed by atoms with Gasteiger partial charge in [0.15, 0.2) is 0 Å². The zero-order chi connectivity index (χ0) is 17.6. The third-order valence-corrected chi connectivity index (χ3v) is 4.92. The van der Waals surface area contributed by atoms with E-state index in [1.54, 1.807) is 18.2 Å². The summed E-state index contributed by atoms with van der Waals surface area (Å²) < 4.78 is 0. The van der Waals surface area contributed by atoms with Crippen molar-refractivity contribution in [1.82, 2.24) is 15.5 Å². The number of fused-ring (bicyclic) bond motifs is 1. The second-order valence-electron chi connectivity index (χ2n) is 6.53. The molecule has 130 valence electrons. The van der Waals surface area contributed by atoms with Gasteiger partial charge in [-0.1, -0.05) is 0 Å². The Hall–Kier alpha value is -2.74. The lowest BCUT2D eigenvalue weighted by molar-refractivity contribution is -0.136. The average Bonchev–Trinajstić information content (AvgIpc) is 2.78. The lowest BCUT2D eigenvalue weighted by Gasteiger charge is -2.28. The molecule has 3 N–H and O–H groups in total. The number of nitrogens with zero attached hydrogens (tertiary/aromatic N) is 1. The molecule has 0 spiro atoms. The lowest BCUT2D eigenvalue weighted by atomic mass is 10.0. The van der Waals surface area contributed by atoms with Crippen LogP contribution in [0.1, 0.15) is 40.0 Å². The van der Waals surface area contributed by atoms with Crippen molar-refractivity contribution in [3.63, 3.8) is 0 Å². The van der Waals surface area contributed by atoms with Crippen molar-refractivity contribution in [1.29, 1.82) is 0 Å². The normalized spacial score (nSPS) is 25.5. The van der Waals surface area contributed by atoms with Crippen LogP contribution in [0.3, 0.4) is 0 Å². The highest BCUT2D eigenvalue weighted by Crippen LogP contribution is 2.29. The number of carbonyl (C=O) groups excluding carboxylic acids is 4. The van der Waals surface area contributed by atoms with Gasteiger partial charge in [0.2, 0.25) is 11.8 Å². The van der Waals surface area contributed by atoms with Crippen LogP contribution in [0.25, 0.3) is 0 Å². The molecule has 1 aromatic carbocycles. The number of carbonyl (C=O) groups is 4. The van der Waals surface area contributed by atoms with Crippen molar-refractivity contribution in [3.05, 3.63) is 29.3 Å². The third-order valence-electron chi connectivity index (χ3n) is 4.92. The monoisotopic (exact) mass is 342 g/mol. The molecule has 8 heteroatoms. The molecule has 0 saturated carbocycles. The minimum absolute atomic E-state index is 0.116. The summed E-state index contributed by atoms with van der Waals surface area (Å²) in [6, 6.07) is 4.51. The molecule has 0 bridgehead atoms.